The van der Waals surface area contributed by atoms with E-state index in [2.05, 4.69) is 20.8 Å². The zero-order valence-electron chi connectivity index (χ0n) is 16.0. The lowest BCUT2D eigenvalue weighted by atomic mass is 9.44. The van der Waals surface area contributed by atoms with Crippen molar-refractivity contribution in [1.29, 1.82) is 0 Å². The minimum absolute atomic E-state index is 0.0826. The van der Waals surface area contributed by atoms with Gasteiger partial charge in [0.2, 0.25) is 11.6 Å². The quantitative estimate of drug-likeness (QED) is 0.547. The van der Waals surface area contributed by atoms with E-state index in [4.69, 9.17) is 0 Å². The van der Waals surface area contributed by atoms with Crippen molar-refractivity contribution < 1.29 is 20.4 Å². The summed E-state index contributed by atoms with van der Waals surface area (Å²) in [5.74, 6) is -1.87. The molecule has 0 aromatic rings. The van der Waals surface area contributed by atoms with Crippen molar-refractivity contribution >= 4 is 0 Å². The molecule has 4 aliphatic carbocycles. The fraction of sp³-hybridized carbons (Fsp3) is 1.00. The second-order valence-corrected chi connectivity index (χ2v) is 10.4. The summed E-state index contributed by atoms with van der Waals surface area (Å²) in [7, 11) is 0. The Labute approximate surface area is 151 Å². The van der Waals surface area contributed by atoms with Crippen molar-refractivity contribution in [2.75, 3.05) is 0 Å². The molecule has 0 amide bonds. The van der Waals surface area contributed by atoms with Gasteiger partial charge in [0.15, 0.2) is 0 Å². The Balaban J connectivity index is 1.65. The maximum atomic E-state index is 10.4. The Morgan fingerprint density at radius 1 is 0.800 bits per heavy atom. The highest BCUT2D eigenvalue weighted by Crippen LogP contribution is 2.68. The van der Waals surface area contributed by atoms with Crippen LogP contribution in [-0.2, 0) is 0 Å². The monoisotopic (exact) mass is 352 g/mol. The van der Waals surface area contributed by atoms with Crippen molar-refractivity contribution in [3.05, 3.63) is 0 Å². The van der Waals surface area contributed by atoms with Gasteiger partial charge in [-0.05, 0) is 78.9 Å². The normalized spacial score (nSPS) is 53.6. The van der Waals surface area contributed by atoms with Gasteiger partial charge in [-0.15, -0.1) is 0 Å². The van der Waals surface area contributed by atoms with Crippen LogP contribution in [0.4, 0.5) is 0 Å². The molecule has 0 aromatic carbocycles. The Kier molecular flexibility index (Phi) is 3.96. The molecule has 4 heteroatoms. The van der Waals surface area contributed by atoms with Crippen molar-refractivity contribution in [2.45, 2.75) is 90.1 Å². The van der Waals surface area contributed by atoms with E-state index in [1.54, 1.807) is 0 Å². The fourth-order valence-corrected chi connectivity index (χ4v) is 8.10. The lowest BCUT2D eigenvalue weighted by molar-refractivity contribution is -0.398. The maximum Gasteiger partial charge on any atom is 0.218 e. The van der Waals surface area contributed by atoms with E-state index in [-0.39, 0.29) is 24.2 Å². The molecule has 0 saturated heterocycles. The largest absolute Gasteiger partial charge is 0.361 e. The van der Waals surface area contributed by atoms with Crippen molar-refractivity contribution in [1.82, 2.24) is 0 Å². The predicted octanol–water partition coefficient (Wildman–Crippen LogP) is 3.03. The fourth-order valence-electron chi connectivity index (χ4n) is 8.10. The van der Waals surface area contributed by atoms with Gasteiger partial charge in [-0.25, -0.2) is 0 Å². The van der Waals surface area contributed by atoms with Gasteiger partial charge in [-0.1, -0.05) is 27.2 Å². The van der Waals surface area contributed by atoms with Crippen LogP contribution in [-0.4, -0.2) is 32.0 Å². The Hall–Kier alpha value is -0.160. The summed E-state index contributed by atoms with van der Waals surface area (Å²) in [6.45, 7) is 7.04. The highest BCUT2D eigenvalue weighted by atomic mass is 16.6. The lowest BCUT2D eigenvalue weighted by Crippen LogP contribution is -2.66. The van der Waals surface area contributed by atoms with Crippen LogP contribution in [0.1, 0.15) is 78.6 Å². The van der Waals surface area contributed by atoms with E-state index < -0.39 is 11.6 Å². The summed E-state index contributed by atoms with van der Waals surface area (Å²) >= 11 is 0. The van der Waals surface area contributed by atoms with E-state index in [1.807, 2.05) is 0 Å². The average molecular weight is 353 g/mol. The van der Waals surface area contributed by atoms with Crippen molar-refractivity contribution in [3.63, 3.8) is 0 Å². The van der Waals surface area contributed by atoms with Crippen LogP contribution in [0.15, 0.2) is 0 Å². The SMILES string of the molecule is CCC1CCC2C3CCC4CC(O)(O)C(O)(O)CC4(C)C3CCC12C. The minimum atomic E-state index is -2.40. The third-order valence-corrected chi connectivity index (χ3v) is 9.55. The van der Waals surface area contributed by atoms with E-state index in [0.29, 0.717) is 17.3 Å². The van der Waals surface area contributed by atoms with E-state index in [9.17, 15) is 20.4 Å². The van der Waals surface area contributed by atoms with Crippen LogP contribution < -0.4 is 0 Å². The first-order valence-electron chi connectivity index (χ1n) is 10.4. The molecule has 0 spiro atoms. The third-order valence-electron chi connectivity index (χ3n) is 9.55. The second-order valence-electron chi connectivity index (χ2n) is 10.4. The van der Waals surface area contributed by atoms with E-state index in [1.165, 1.54) is 32.1 Å². The number of rotatable bonds is 1. The molecule has 4 rings (SSSR count). The average Bonchev–Trinajstić information content (AvgIpc) is 2.85. The number of aliphatic hydroxyl groups is 4. The molecule has 4 fully saturated rings. The molecule has 25 heavy (non-hydrogen) atoms. The van der Waals surface area contributed by atoms with E-state index in [0.717, 1.165) is 24.7 Å². The molecular weight excluding hydrogens is 316 g/mol. The first-order valence-corrected chi connectivity index (χ1v) is 10.4. The molecule has 0 aromatic heterocycles. The van der Waals surface area contributed by atoms with Crippen molar-refractivity contribution in [3.8, 4) is 0 Å². The summed E-state index contributed by atoms with van der Waals surface area (Å²) in [6.07, 6.45) is 8.66. The zero-order valence-corrected chi connectivity index (χ0v) is 16.0. The highest BCUT2D eigenvalue weighted by Gasteiger charge is 2.66. The van der Waals surface area contributed by atoms with Gasteiger partial charge >= 0.3 is 0 Å². The molecule has 7 atom stereocenters. The van der Waals surface area contributed by atoms with Gasteiger partial charge in [-0.3, -0.25) is 0 Å². The number of hydrogen-bond acceptors (Lipinski definition) is 4. The molecule has 0 heterocycles. The number of hydrogen-bond donors (Lipinski definition) is 4. The van der Waals surface area contributed by atoms with Gasteiger partial charge in [0.1, 0.15) is 0 Å². The molecule has 4 aliphatic rings. The Morgan fingerprint density at radius 2 is 1.48 bits per heavy atom. The summed E-state index contributed by atoms with van der Waals surface area (Å²) in [4.78, 5) is 0. The smallest absolute Gasteiger partial charge is 0.218 e. The van der Waals surface area contributed by atoms with Gasteiger partial charge in [0.05, 0.1) is 0 Å². The third kappa shape index (κ3) is 2.33. The lowest BCUT2D eigenvalue weighted by Gasteiger charge is -2.63. The predicted molar refractivity (Wildman–Crippen MR) is 95.2 cm³/mol. The molecule has 0 bridgehead atoms. The molecular formula is C21H36O4. The van der Waals surface area contributed by atoms with Crippen LogP contribution in [0.3, 0.4) is 0 Å². The van der Waals surface area contributed by atoms with E-state index >= 15 is 0 Å². The second kappa shape index (κ2) is 5.43. The van der Waals surface area contributed by atoms with Gasteiger partial charge in [0.25, 0.3) is 0 Å². The van der Waals surface area contributed by atoms with Gasteiger partial charge < -0.3 is 20.4 Å². The van der Waals surface area contributed by atoms with Crippen molar-refractivity contribution in [2.24, 2.45) is 40.4 Å². The Morgan fingerprint density at radius 3 is 2.16 bits per heavy atom. The van der Waals surface area contributed by atoms with Gasteiger partial charge in [-0.2, -0.15) is 0 Å². The standard InChI is InChI=1S/C21H36O4/c1-4-13-6-8-16-15-7-5-14-11-20(22,23)21(24,25)12-19(14,3)17(15)9-10-18(13,16)2/h13-17,22-25H,4-12H2,1-3H3. The zero-order chi connectivity index (χ0) is 18.3. The van der Waals surface area contributed by atoms with Crippen LogP contribution in [0, 0.1) is 40.4 Å². The summed E-state index contributed by atoms with van der Waals surface area (Å²) in [6, 6.07) is 0. The summed E-state index contributed by atoms with van der Waals surface area (Å²) < 4.78 is 0. The molecule has 0 aliphatic heterocycles. The molecule has 4 N–H and O–H groups in total. The molecule has 4 saturated carbocycles. The molecule has 4 nitrogen and oxygen atoms in total. The molecule has 144 valence electrons. The van der Waals surface area contributed by atoms with Crippen LogP contribution in [0.5, 0.6) is 0 Å². The highest BCUT2D eigenvalue weighted by molar-refractivity contribution is 5.11. The van der Waals surface area contributed by atoms with Gasteiger partial charge in [0, 0.05) is 12.8 Å². The summed E-state index contributed by atoms with van der Waals surface area (Å²) in [5.41, 5.74) is 0.258. The minimum Gasteiger partial charge on any atom is -0.361 e. The Bertz CT molecular complexity index is 544. The van der Waals surface area contributed by atoms with Crippen LogP contribution in [0.25, 0.3) is 0 Å². The molecule has 0 radical (unpaired) electrons. The number of fused-ring (bicyclic) bond motifs is 5. The van der Waals surface area contributed by atoms with Crippen LogP contribution >= 0.6 is 0 Å². The summed E-state index contributed by atoms with van der Waals surface area (Å²) in [5, 5.41) is 41.1. The molecule has 7 unspecified atom stereocenters. The maximum absolute atomic E-state index is 10.4. The first-order chi connectivity index (χ1) is 11.6. The first kappa shape index (κ1) is 18.2. The topological polar surface area (TPSA) is 80.9 Å². The van der Waals surface area contributed by atoms with Crippen LogP contribution in [0.2, 0.25) is 0 Å².